The second kappa shape index (κ2) is 10.1. The first-order valence-corrected chi connectivity index (χ1v) is 11.4. The number of nitrogens with zero attached hydrogens (tertiary/aromatic N) is 2. The zero-order chi connectivity index (χ0) is 25.2. The van der Waals surface area contributed by atoms with E-state index >= 15 is 0 Å². The normalized spacial score (nSPS) is 11.8. The molecule has 7 heteroatoms. The van der Waals surface area contributed by atoms with Gasteiger partial charge >= 0.3 is 0 Å². The lowest BCUT2D eigenvalue weighted by Crippen LogP contribution is -2.31. The summed E-state index contributed by atoms with van der Waals surface area (Å²) in [6.07, 6.45) is -0.971. The molecule has 0 aliphatic carbocycles. The number of carbonyl (C=O) groups is 1. The van der Waals surface area contributed by atoms with E-state index in [4.69, 9.17) is 16.3 Å². The molecule has 0 saturated heterocycles. The maximum atomic E-state index is 13.5. The number of benzene rings is 2. The number of aromatic nitrogens is 1. The second-order valence-electron chi connectivity index (χ2n) is 8.61. The highest BCUT2D eigenvalue weighted by Gasteiger charge is 2.29. The van der Waals surface area contributed by atoms with E-state index in [1.54, 1.807) is 31.2 Å². The Morgan fingerprint density at radius 2 is 1.85 bits per heavy atom. The van der Waals surface area contributed by atoms with Crippen molar-refractivity contribution in [3.8, 4) is 17.7 Å². The third kappa shape index (κ3) is 4.85. The fourth-order valence-corrected chi connectivity index (χ4v) is 4.05. The molecule has 3 rings (SSSR count). The molecule has 0 bridgehead atoms. The van der Waals surface area contributed by atoms with Crippen LogP contribution in [-0.2, 0) is 6.54 Å². The van der Waals surface area contributed by atoms with Crippen LogP contribution in [0.1, 0.15) is 64.9 Å². The summed E-state index contributed by atoms with van der Waals surface area (Å²) in [5.74, 6) is -0.292. The second-order valence-corrected chi connectivity index (χ2v) is 9.02. The van der Waals surface area contributed by atoms with E-state index in [0.717, 1.165) is 15.7 Å². The summed E-state index contributed by atoms with van der Waals surface area (Å²) in [4.78, 5) is 26.4. The molecule has 1 N–H and O–H groups in total. The van der Waals surface area contributed by atoms with Gasteiger partial charge in [0.25, 0.3) is 5.56 Å². The summed E-state index contributed by atoms with van der Waals surface area (Å²) < 4.78 is 7.04. The molecule has 34 heavy (non-hydrogen) atoms. The first-order chi connectivity index (χ1) is 16.1. The van der Waals surface area contributed by atoms with Crippen molar-refractivity contribution in [1.82, 2.24) is 4.57 Å². The molecular formula is C27H27ClN2O4. The number of hydrogen-bond donors (Lipinski definition) is 1. The number of halogens is 1. The summed E-state index contributed by atoms with van der Waals surface area (Å²) in [6, 6.07) is 14.6. The van der Waals surface area contributed by atoms with E-state index in [1.807, 2.05) is 45.0 Å². The highest BCUT2D eigenvalue weighted by Crippen LogP contribution is 2.30. The lowest BCUT2D eigenvalue weighted by molar-refractivity contribution is 0.0810. The number of Topliss-reactive ketones (excluding diaryl/α,β-unsaturated/α-hetero) is 1. The minimum Gasteiger partial charge on any atom is -0.494 e. The number of aromatic hydroxyl groups is 1. The molecule has 1 aromatic heterocycles. The van der Waals surface area contributed by atoms with Gasteiger partial charge in [0, 0.05) is 5.02 Å². The van der Waals surface area contributed by atoms with E-state index in [0.29, 0.717) is 16.3 Å². The Kier molecular flexibility index (Phi) is 7.48. The van der Waals surface area contributed by atoms with Gasteiger partial charge in [-0.3, -0.25) is 14.2 Å². The maximum absolute atomic E-state index is 13.5. The Balaban J connectivity index is 2.08. The van der Waals surface area contributed by atoms with Crippen LogP contribution in [0.15, 0.2) is 47.3 Å². The first kappa shape index (κ1) is 25.1. The Hall–Kier alpha value is -3.56. The van der Waals surface area contributed by atoms with Crippen LogP contribution < -0.4 is 10.3 Å². The monoisotopic (exact) mass is 478 g/mol. The summed E-state index contributed by atoms with van der Waals surface area (Å²) in [6.45, 7) is 8.97. The summed E-state index contributed by atoms with van der Waals surface area (Å²) in [5.41, 5.74) is 1.61. The van der Waals surface area contributed by atoms with Crippen molar-refractivity contribution in [2.75, 3.05) is 0 Å². The van der Waals surface area contributed by atoms with Crippen LogP contribution in [0.2, 0.25) is 5.02 Å². The van der Waals surface area contributed by atoms with Crippen LogP contribution >= 0.6 is 11.6 Å². The number of nitriles is 1. The molecule has 1 heterocycles. The Morgan fingerprint density at radius 3 is 2.47 bits per heavy atom. The minimum absolute atomic E-state index is 0.0931. The van der Waals surface area contributed by atoms with Gasteiger partial charge in [-0.15, -0.1) is 0 Å². The zero-order valence-electron chi connectivity index (χ0n) is 19.8. The Morgan fingerprint density at radius 1 is 1.18 bits per heavy atom. The number of hydrogen-bond acceptors (Lipinski definition) is 5. The average Bonchev–Trinajstić information content (AvgIpc) is 2.78. The molecule has 0 aliphatic heterocycles. The number of rotatable bonds is 7. The molecule has 1 atom stereocenters. The van der Waals surface area contributed by atoms with Gasteiger partial charge in [-0.2, -0.15) is 5.26 Å². The quantitative estimate of drug-likeness (QED) is 0.451. The molecule has 2 aromatic carbocycles. The molecule has 3 aromatic rings. The lowest BCUT2D eigenvalue weighted by atomic mass is 9.98. The molecule has 0 amide bonds. The van der Waals surface area contributed by atoms with Crippen molar-refractivity contribution < 1.29 is 14.6 Å². The maximum Gasteiger partial charge on any atom is 0.271 e. The van der Waals surface area contributed by atoms with E-state index in [9.17, 15) is 20.0 Å². The smallest absolute Gasteiger partial charge is 0.271 e. The van der Waals surface area contributed by atoms with Gasteiger partial charge in [0.05, 0.1) is 12.1 Å². The molecule has 0 radical (unpaired) electrons. The van der Waals surface area contributed by atoms with Gasteiger partial charge in [-0.05, 0) is 61.1 Å². The predicted molar refractivity (Wildman–Crippen MR) is 132 cm³/mol. The molecule has 0 aliphatic rings. The van der Waals surface area contributed by atoms with Crippen LogP contribution in [0.3, 0.4) is 0 Å². The molecular weight excluding hydrogens is 452 g/mol. The average molecular weight is 479 g/mol. The van der Waals surface area contributed by atoms with Crippen molar-refractivity contribution in [2.45, 2.75) is 53.2 Å². The Bertz CT molecular complexity index is 1350. The lowest BCUT2D eigenvalue weighted by Gasteiger charge is -2.21. The van der Waals surface area contributed by atoms with E-state index in [-0.39, 0.29) is 29.2 Å². The van der Waals surface area contributed by atoms with Gasteiger partial charge in [0.1, 0.15) is 17.4 Å². The highest BCUT2D eigenvalue weighted by molar-refractivity contribution is 6.31. The highest BCUT2D eigenvalue weighted by atomic mass is 35.5. The Labute approximate surface area is 204 Å². The van der Waals surface area contributed by atoms with Crippen molar-refractivity contribution in [3.63, 3.8) is 0 Å². The predicted octanol–water partition coefficient (Wildman–Crippen LogP) is 5.52. The molecule has 0 saturated carbocycles. The van der Waals surface area contributed by atoms with E-state index in [2.05, 4.69) is 0 Å². The van der Waals surface area contributed by atoms with Gasteiger partial charge in [-0.25, -0.2) is 0 Å². The number of ether oxygens (including phenoxy) is 1. The SMILES string of the molecule is Cc1ccc(C(C)C)c(OC(C)C(=O)c2c(C)c(C#N)c(=O)n(Cc3ccccc3Cl)c2O)c1. The fraction of sp³-hybridized carbons (Fsp3) is 0.296. The summed E-state index contributed by atoms with van der Waals surface area (Å²) in [7, 11) is 0. The van der Waals surface area contributed by atoms with E-state index in [1.165, 1.54) is 6.92 Å². The largest absolute Gasteiger partial charge is 0.494 e. The van der Waals surface area contributed by atoms with Crippen LogP contribution in [-0.4, -0.2) is 21.6 Å². The molecule has 1 unspecified atom stereocenters. The van der Waals surface area contributed by atoms with Gasteiger partial charge < -0.3 is 9.84 Å². The number of aryl methyl sites for hydroxylation is 1. The molecule has 6 nitrogen and oxygen atoms in total. The minimum atomic E-state index is -0.971. The van der Waals surface area contributed by atoms with Crippen molar-refractivity contribution >= 4 is 17.4 Å². The molecule has 0 fully saturated rings. The van der Waals surface area contributed by atoms with Gasteiger partial charge in [0.15, 0.2) is 6.10 Å². The van der Waals surface area contributed by atoms with Crippen LogP contribution in [0.25, 0.3) is 0 Å². The molecule has 0 spiro atoms. The third-order valence-electron chi connectivity index (χ3n) is 5.80. The number of pyridine rings is 1. The van der Waals surface area contributed by atoms with Crippen molar-refractivity contribution in [1.29, 1.82) is 5.26 Å². The number of carbonyl (C=O) groups excluding carboxylic acids is 1. The van der Waals surface area contributed by atoms with Gasteiger partial charge in [-0.1, -0.05) is 55.8 Å². The van der Waals surface area contributed by atoms with Crippen LogP contribution in [0.5, 0.6) is 11.6 Å². The zero-order valence-corrected chi connectivity index (χ0v) is 20.6. The van der Waals surface area contributed by atoms with Crippen LogP contribution in [0, 0.1) is 25.2 Å². The van der Waals surface area contributed by atoms with Gasteiger partial charge in [0.2, 0.25) is 11.7 Å². The summed E-state index contributed by atoms with van der Waals surface area (Å²) >= 11 is 6.23. The van der Waals surface area contributed by atoms with Crippen LogP contribution in [0.4, 0.5) is 0 Å². The number of ketones is 1. The topological polar surface area (TPSA) is 92.3 Å². The molecule has 176 valence electrons. The first-order valence-electron chi connectivity index (χ1n) is 11.0. The van der Waals surface area contributed by atoms with E-state index < -0.39 is 23.3 Å². The fourth-order valence-electron chi connectivity index (χ4n) is 3.86. The third-order valence-corrected chi connectivity index (χ3v) is 6.17. The van der Waals surface area contributed by atoms with Crippen molar-refractivity contribution in [3.05, 3.63) is 91.2 Å². The standard InChI is InChI=1S/C27H27ClN2O4/c1-15(2)20-11-10-16(3)12-23(20)34-18(5)25(31)24-17(4)21(13-29)26(32)30(27(24)33)14-19-8-6-7-9-22(19)28/h6-12,15,18,33H,14H2,1-5H3. The van der Waals surface area contributed by atoms with Crippen molar-refractivity contribution in [2.24, 2.45) is 0 Å². The summed E-state index contributed by atoms with van der Waals surface area (Å²) in [5, 5.41) is 21.1.